The van der Waals surface area contributed by atoms with Gasteiger partial charge in [-0.2, -0.15) is 0 Å². The maximum atomic E-state index is 11.9. The van der Waals surface area contributed by atoms with Crippen LogP contribution in [0.25, 0.3) is 0 Å². The summed E-state index contributed by atoms with van der Waals surface area (Å²) in [6.45, 7) is 5.77. The van der Waals surface area contributed by atoms with Crippen molar-refractivity contribution in [2.75, 3.05) is 20.8 Å². The first-order valence-corrected chi connectivity index (χ1v) is 7.22. The van der Waals surface area contributed by atoms with Gasteiger partial charge >= 0.3 is 5.97 Å². The van der Waals surface area contributed by atoms with Crippen molar-refractivity contribution in [1.82, 2.24) is 0 Å². The molecular formula is C16H21N3O5. The van der Waals surface area contributed by atoms with Crippen molar-refractivity contribution in [3.8, 4) is 5.75 Å². The second kappa shape index (κ2) is 9.98. The van der Waals surface area contributed by atoms with E-state index in [0.717, 1.165) is 0 Å². The highest BCUT2D eigenvalue weighted by molar-refractivity contribution is 6.43. The lowest BCUT2D eigenvalue weighted by molar-refractivity contribution is -0.132. The first-order chi connectivity index (χ1) is 11.5. The Labute approximate surface area is 140 Å². The third-order valence-electron chi connectivity index (χ3n) is 2.84. The monoisotopic (exact) mass is 335 g/mol. The third kappa shape index (κ3) is 5.38. The van der Waals surface area contributed by atoms with Gasteiger partial charge in [0.15, 0.2) is 11.5 Å². The number of hydrogen-bond acceptors (Lipinski definition) is 8. The number of nitrogens with zero attached hydrogens (tertiary/aromatic N) is 3. The predicted octanol–water partition coefficient (Wildman–Crippen LogP) is 2.38. The summed E-state index contributed by atoms with van der Waals surface area (Å²) in [5.41, 5.74) is 1.47. The van der Waals surface area contributed by atoms with Gasteiger partial charge in [0, 0.05) is 0 Å². The topological polar surface area (TPSA) is 91.1 Å². The van der Waals surface area contributed by atoms with Crippen molar-refractivity contribution in [2.24, 2.45) is 15.5 Å². The fourth-order valence-electron chi connectivity index (χ4n) is 1.54. The number of rotatable bonds is 8. The number of carbonyl (C=O) groups is 1. The van der Waals surface area contributed by atoms with Crippen LogP contribution in [0.1, 0.15) is 26.3 Å². The molecule has 0 saturated carbocycles. The molecule has 0 heterocycles. The van der Waals surface area contributed by atoms with Gasteiger partial charge in [0.2, 0.25) is 0 Å². The molecule has 0 aliphatic carbocycles. The van der Waals surface area contributed by atoms with Gasteiger partial charge in [0.1, 0.15) is 25.1 Å². The van der Waals surface area contributed by atoms with Gasteiger partial charge in [-0.25, -0.2) is 4.79 Å². The van der Waals surface area contributed by atoms with Crippen LogP contribution in [0.15, 0.2) is 39.7 Å². The zero-order valence-electron chi connectivity index (χ0n) is 14.4. The highest BCUT2D eigenvalue weighted by Crippen LogP contribution is 2.20. The minimum Gasteiger partial charge on any atom is -0.464 e. The summed E-state index contributed by atoms with van der Waals surface area (Å²) >= 11 is 0. The Hall–Kier alpha value is -2.90. The average Bonchev–Trinajstić information content (AvgIpc) is 2.61. The van der Waals surface area contributed by atoms with Crippen LogP contribution >= 0.6 is 0 Å². The molecule has 0 spiro atoms. The van der Waals surface area contributed by atoms with Crippen LogP contribution < -0.4 is 4.84 Å². The van der Waals surface area contributed by atoms with Crippen molar-refractivity contribution >= 4 is 23.1 Å². The summed E-state index contributed by atoms with van der Waals surface area (Å²) in [4.78, 5) is 27.0. The Kier molecular flexibility index (Phi) is 7.97. The third-order valence-corrected chi connectivity index (χ3v) is 2.84. The number of oxime groups is 3. The smallest absolute Gasteiger partial charge is 0.360 e. The lowest BCUT2D eigenvalue weighted by Crippen LogP contribution is -2.18. The lowest BCUT2D eigenvalue weighted by Gasteiger charge is -2.08. The molecule has 0 aliphatic heterocycles. The highest BCUT2D eigenvalue weighted by atomic mass is 16.6. The molecule has 0 bridgehead atoms. The Morgan fingerprint density at radius 3 is 2.33 bits per heavy atom. The molecule has 0 aromatic heterocycles. The molecule has 8 nitrogen and oxygen atoms in total. The van der Waals surface area contributed by atoms with Crippen molar-refractivity contribution in [3.63, 3.8) is 0 Å². The van der Waals surface area contributed by atoms with E-state index in [4.69, 9.17) is 19.2 Å². The Morgan fingerprint density at radius 2 is 1.71 bits per heavy atom. The largest absolute Gasteiger partial charge is 0.464 e. The molecule has 1 aromatic rings. The normalized spacial score (nSPS) is 12.6. The van der Waals surface area contributed by atoms with Crippen LogP contribution in [0.5, 0.6) is 5.75 Å². The average molecular weight is 335 g/mol. The van der Waals surface area contributed by atoms with E-state index < -0.39 is 5.97 Å². The van der Waals surface area contributed by atoms with E-state index in [-0.39, 0.29) is 5.71 Å². The molecule has 1 aromatic carbocycles. The Morgan fingerprint density at radius 1 is 1.04 bits per heavy atom. The first-order valence-electron chi connectivity index (χ1n) is 7.22. The van der Waals surface area contributed by atoms with Crippen LogP contribution in [0, 0.1) is 0 Å². The minimum atomic E-state index is -0.650. The van der Waals surface area contributed by atoms with Crippen LogP contribution in [-0.2, 0) is 19.2 Å². The SMILES string of the molecule is CCO/N=C(C)/C(C)=N/Oc1ccccc1/C(=N/OC)C(=O)OC. The molecule has 130 valence electrons. The van der Waals surface area contributed by atoms with Crippen LogP contribution in [0.2, 0.25) is 0 Å². The number of para-hydroxylation sites is 1. The zero-order valence-corrected chi connectivity index (χ0v) is 14.4. The van der Waals surface area contributed by atoms with Crippen LogP contribution in [-0.4, -0.2) is 43.9 Å². The number of esters is 1. The fraction of sp³-hybridized carbons (Fsp3) is 0.375. The molecule has 24 heavy (non-hydrogen) atoms. The van der Waals surface area contributed by atoms with Crippen molar-refractivity contribution in [1.29, 1.82) is 0 Å². The van der Waals surface area contributed by atoms with Crippen LogP contribution in [0.4, 0.5) is 0 Å². The maximum Gasteiger partial charge on any atom is 0.360 e. The molecule has 0 N–H and O–H groups in total. The first kappa shape index (κ1) is 19.1. The Balaban J connectivity index is 3.10. The maximum absolute atomic E-state index is 11.9. The highest BCUT2D eigenvalue weighted by Gasteiger charge is 2.20. The van der Waals surface area contributed by atoms with Gasteiger partial charge < -0.3 is 19.2 Å². The van der Waals surface area contributed by atoms with Gasteiger partial charge in [0.25, 0.3) is 0 Å². The quantitative estimate of drug-likeness (QED) is 0.413. The molecule has 0 saturated heterocycles. The molecule has 0 atom stereocenters. The number of benzene rings is 1. The molecule has 0 aliphatic rings. The predicted molar refractivity (Wildman–Crippen MR) is 90.5 cm³/mol. The second-order valence-electron chi connectivity index (χ2n) is 4.47. The summed E-state index contributed by atoms with van der Waals surface area (Å²) in [5, 5.41) is 11.6. The number of hydrogen-bond donors (Lipinski definition) is 0. The van der Waals surface area contributed by atoms with Gasteiger partial charge in [-0.1, -0.05) is 27.6 Å². The lowest BCUT2D eigenvalue weighted by atomic mass is 10.1. The number of methoxy groups -OCH3 is 1. The van der Waals surface area contributed by atoms with Crippen molar-refractivity contribution in [3.05, 3.63) is 29.8 Å². The van der Waals surface area contributed by atoms with E-state index in [1.807, 2.05) is 6.92 Å². The van der Waals surface area contributed by atoms with Crippen LogP contribution in [0.3, 0.4) is 0 Å². The van der Waals surface area contributed by atoms with Crippen molar-refractivity contribution in [2.45, 2.75) is 20.8 Å². The molecule has 1 rings (SSSR count). The molecule has 0 unspecified atom stereocenters. The van der Waals surface area contributed by atoms with E-state index in [1.165, 1.54) is 14.2 Å². The molecule has 8 heteroatoms. The summed E-state index contributed by atoms with van der Waals surface area (Å²) in [6, 6.07) is 6.77. The Bertz CT molecular complexity index is 653. The summed E-state index contributed by atoms with van der Waals surface area (Å²) < 4.78 is 4.71. The van der Waals surface area contributed by atoms with Gasteiger partial charge in [-0.3, -0.25) is 0 Å². The minimum absolute atomic E-state index is 0.0249. The van der Waals surface area contributed by atoms with Gasteiger partial charge in [0.05, 0.1) is 12.7 Å². The summed E-state index contributed by atoms with van der Waals surface area (Å²) in [7, 11) is 2.59. The van der Waals surface area contributed by atoms with E-state index in [2.05, 4.69) is 15.5 Å². The number of carbonyl (C=O) groups excluding carboxylic acids is 1. The summed E-state index contributed by atoms with van der Waals surface area (Å²) in [5.74, 6) is -0.329. The molecule has 0 amide bonds. The van der Waals surface area contributed by atoms with Crippen molar-refractivity contribution < 1.29 is 24.0 Å². The van der Waals surface area contributed by atoms with Gasteiger partial charge in [-0.15, -0.1) is 0 Å². The molecule has 0 radical (unpaired) electrons. The zero-order chi connectivity index (χ0) is 17.9. The molecular weight excluding hydrogens is 314 g/mol. The second-order valence-corrected chi connectivity index (χ2v) is 4.47. The summed E-state index contributed by atoms with van der Waals surface area (Å²) in [6.07, 6.45) is 0. The fourth-order valence-corrected chi connectivity index (χ4v) is 1.54. The van der Waals surface area contributed by atoms with E-state index >= 15 is 0 Å². The number of ether oxygens (including phenoxy) is 1. The standard InChI is InChI=1S/C16H21N3O5/c1-6-23-17-11(2)12(3)18-24-14-10-8-7-9-13(14)15(19-22-5)16(20)21-4/h7-10H,6H2,1-5H3/b17-11+,18-12+,19-15-. The van der Waals surface area contributed by atoms with E-state index in [0.29, 0.717) is 29.3 Å². The van der Waals surface area contributed by atoms with E-state index in [1.54, 1.807) is 38.1 Å². The molecule has 0 fully saturated rings. The van der Waals surface area contributed by atoms with E-state index in [9.17, 15) is 4.79 Å². The van der Waals surface area contributed by atoms with Gasteiger partial charge in [-0.05, 0) is 32.9 Å².